The van der Waals surface area contributed by atoms with E-state index in [0.717, 1.165) is 0 Å². The molecule has 0 aromatic heterocycles. The van der Waals surface area contributed by atoms with Crippen LogP contribution in [0.25, 0.3) is 0 Å². The van der Waals surface area contributed by atoms with Crippen LogP contribution in [0.15, 0.2) is 23.8 Å². The van der Waals surface area contributed by atoms with Crippen LogP contribution in [0.3, 0.4) is 0 Å². The first kappa shape index (κ1) is 9.57. The summed E-state index contributed by atoms with van der Waals surface area (Å²) >= 11 is 0. The van der Waals surface area contributed by atoms with Gasteiger partial charge in [0.1, 0.15) is 0 Å². The first-order valence-electron chi connectivity index (χ1n) is 5.15. The Morgan fingerprint density at radius 2 is 1.58 bits per heavy atom. The van der Waals surface area contributed by atoms with Crippen LogP contribution in [0, 0.1) is 0 Å². The molecule has 1 aliphatic rings. The Morgan fingerprint density at radius 3 is 2.25 bits per heavy atom. The summed E-state index contributed by atoms with van der Waals surface area (Å²) in [5.41, 5.74) is 3.09. The highest BCUT2D eigenvalue weighted by Gasteiger charge is 2.02. The van der Waals surface area contributed by atoms with Gasteiger partial charge in [0, 0.05) is 0 Å². The third-order valence-corrected chi connectivity index (χ3v) is 2.79. The molecule has 0 heteroatoms. The van der Waals surface area contributed by atoms with E-state index in [1.54, 1.807) is 5.57 Å². The number of allylic oxidation sites excluding steroid dienone is 3. The minimum absolute atomic E-state index is 1.26. The minimum atomic E-state index is 1.26. The molecule has 0 aliphatic heterocycles. The molecule has 1 aliphatic carbocycles. The van der Waals surface area contributed by atoms with Gasteiger partial charge in [0.05, 0.1) is 0 Å². The lowest BCUT2D eigenvalue weighted by atomic mass is 10.0. The van der Waals surface area contributed by atoms with E-state index in [4.69, 9.17) is 0 Å². The highest BCUT2D eigenvalue weighted by atomic mass is 14.1. The van der Waals surface area contributed by atoms with Gasteiger partial charge in [-0.05, 0) is 38.2 Å². The summed E-state index contributed by atoms with van der Waals surface area (Å²) in [4.78, 5) is 0. The molecule has 0 heterocycles. The topological polar surface area (TPSA) is 0 Å². The second-order valence-electron chi connectivity index (χ2n) is 3.78. The summed E-state index contributed by atoms with van der Waals surface area (Å²) in [6.45, 7) is 6.15. The fraction of sp³-hybridized carbons (Fsp3) is 0.667. The van der Waals surface area contributed by atoms with Crippen molar-refractivity contribution in [2.75, 3.05) is 0 Å². The maximum atomic E-state index is 3.88. The molecule has 68 valence electrons. The molecule has 0 amide bonds. The van der Waals surface area contributed by atoms with Crippen molar-refractivity contribution in [3.8, 4) is 0 Å². The van der Waals surface area contributed by atoms with Gasteiger partial charge in [0.2, 0.25) is 0 Å². The third-order valence-electron chi connectivity index (χ3n) is 2.79. The molecule has 0 saturated heterocycles. The zero-order valence-corrected chi connectivity index (χ0v) is 8.23. The van der Waals surface area contributed by atoms with Gasteiger partial charge in [-0.3, -0.25) is 0 Å². The summed E-state index contributed by atoms with van der Waals surface area (Å²) in [6, 6.07) is 0. The summed E-state index contributed by atoms with van der Waals surface area (Å²) in [5, 5.41) is 0. The predicted molar refractivity (Wildman–Crippen MR) is 55.2 cm³/mol. The normalized spacial score (nSPS) is 27.1. The van der Waals surface area contributed by atoms with E-state index in [1.807, 2.05) is 0 Å². The molecule has 0 unspecified atom stereocenters. The SMILES string of the molecule is C=C/C1=C(\C)CCCCCCC1. The van der Waals surface area contributed by atoms with Gasteiger partial charge in [-0.25, -0.2) is 0 Å². The first-order chi connectivity index (χ1) is 5.84. The number of rotatable bonds is 1. The maximum Gasteiger partial charge on any atom is -0.0280 e. The Balaban J connectivity index is 2.59. The Bertz CT molecular complexity index is 174. The van der Waals surface area contributed by atoms with Crippen molar-refractivity contribution < 1.29 is 0 Å². The van der Waals surface area contributed by atoms with Gasteiger partial charge < -0.3 is 0 Å². The van der Waals surface area contributed by atoms with Crippen molar-refractivity contribution in [1.29, 1.82) is 0 Å². The first-order valence-corrected chi connectivity index (χ1v) is 5.15. The number of hydrogen-bond donors (Lipinski definition) is 0. The van der Waals surface area contributed by atoms with Crippen molar-refractivity contribution in [2.24, 2.45) is 0 Å². The summed E-state index contributed by atoms with van der Waals surface area (Å²) in [5.74, 6) is 0. The molecule has 0 fully saturated rings. The second kappa shape index (κ2) is 5.18. The van der Waals surface area contributed by atoms with Gasteiger partial charge in [0.15, 0.2) is 0 Å². The summed E-state index contributed by atoms with van der Waals surface area (Å²) in [6.07, 6.45) is 11.6. The molecule has 0 nitrogen and oxygen atoms in total. The van der Waals surface area contributed by atoms with E-state index in [0.29, 0.717) is 0 Å². The fourth-order valence-electron chi connectivity index (χ4n) is 1.89. The van der Waals surface area contributed by atoms with E-state index < -0.39 is 0 Å². The lowest BCUT2D eigenvalue weighted by molar-refractivity contribution is 0.628. The highest BCUT2D eigenvalue weighted by Crippen LogP contribution is 2.22. The van der Waals surface area contributed by atoms with Crippen LogP contribution < -0.4 is 0 Å². The van der Waals surface area contributed by atoms with Gasteiger partial charge >= 0.3 is 0 Å². The maximum absolute atomic E-state index is 3.88. The van der Waals surface area contributed by atoms with Crippen LogP contribution >= 0.6 is 0 Å². The Labute approximate surface area is 76.4 Å². The van der Waals surface area contributed by atoms with E-state index in [2.05, 4.69) is 19.6 Å². The second-order valence-corrected chi connectivity index (χ2v) is 3.78. The Hall–Kier alpha value is -0.520. The standard InChI is InChI=1S/C12H20/c1-3-12-10-8-6-4-5-7-9-11(12)2/h3H,1,4-10H2,2H3/b12-11-. The van der Waals surface area contributed by atoms with Crippen LogP contribution in [-0.4, -0.2) is 0 Å². The molecule has 12 heavy (non-hydrogen) atoms. The van der Waals surface area contributed by atoms with E-state index in [9.17, 15) is 0 Å². The third kappa shape index (κ3) is 2.84. The number of hydrogen-bond acceptors (Lipinski definition) is 0. The monoisotopic (exact) mass is 164 g/mol. The molecule has 0 aromatic carbocycles. The van der Waals surface area contributed by atoms with E-state index in [1.165, 1.54) is 50.5 Å². The molecule has 0 atom stereocenters. The van der Waals surface area contributed by atoms with Crippen LogP contribution in [0.2, 0.25) is 0 Å². The summed E-state index contributed by atoms with van der Waals surface area (Å²) < 4.78 is 0. The van der Waals surface area contributed by atoms with Crippen LogP contribution in [0.5, 0.6) is 0 Å². The molecular formula is C12H20. The predicted octanol–water partition coefficient (Wildman–Crippen LogP) is 4.23. The molecule has 0 spiro atoms. The highest BCUT2D eigenvalue weighted by molar-refractivity contribution is 5.22. The van der Waals surface area contributed by atoms with Crippen LogP contribution in [0.1, 0.15) is 51.9 Å². The Morgan fingerprint density at radius 1 is 1.00 bits per heavy atom. The van der Waals surface area contributed by atoms with Crippen molar-refractivity contribution in [3.63, 3.8) is 0 Å². The zero-order valence-electron chi connectivity index (χ0n) is 8.23. The fourth-order valence-corrected chi connectivity index (χ4v) is 1.89. The van der Waals surface area contributed by atoms with E-state index in [-0.39, 0.29) is 0 Å². The van der Waals surface area contributed by atoms with Gasteiger partial charge in [-0.1, -0.05) is 37.5 Å². The van der Waals surface area contributed by atoms with Gasteiger partial charge in [-0.15, -0.1) is 0 Å². The molecular weight excluding hydrogens is 144 g/mol. The largest absolute Gasteiger partial charge is 0.0988 e. The Kier molecular flexibility index (Phi) is 4.13. The molecule has 1 rings (SSSR count). The molecule has 0 saturated carbocycles. The summed E-state index contributed by atoms with van der Waals surface area (Å²) in [7, 11) is 0. The lowest BCUT2D eigenvalue weighted by Crippen LogP contribution is -1.85. The van der Waals surface area contributed by atoms with Crippen LogP contribution in [0.4, 0.5) is 0 Å². The van der Waals surface area contributed by atoms with Gasteiger partial charge in [-0.2, -0.15) is 0 Å². The van der Waals surface area contributed by atoms with Crippen LogP contribution in [-0.2, 0) is 0 Å². The van der Waals surface area contributed by atoms with Crippen molar-refractivity contribution in [3.05, 3.63) is 23.8 Å². The average Bonchev–Trinajstić information content (AvgIpc) is 2.17. The van der Waals surface area contributed by atoms with Crippen molar-refractivity contribution in [1.82, 2.24) is 0 Å². The van der Waals surface area contributed by atoms with Crippen molar-refractivity contribution in [2.45, 2.75) is 51.9 Å². The molecule has 0 radical (unpaired) electrons. The average molecular weight is 164 g/mol. The molecule has 0 aromatic rings. The van der Waals surface area contributed by atoms with E-state index >= 15 is 0 Å². The quantitative estimate of drug-likeness (QED) is 0.544. The lowest BCUT2D eigenvalue weighted by Gasteiger charge is -2.05. The zero-order chi connectivity index (χ0) is 8.81. The smallest absolute Gasteiger partial charge is 0.0280 e. The minimum Gasteiger partial charge on any atom is -0.0988 e. The van der Waals surface area contributed by atoms with Gasteiger partial charge in [0.25, 0.3) is 0 Å². The molecule has 0 N–H and O–H groups in total. The van der Waals surface area contributed by atoms with Crippen molar-refractivity contribution >= 4 is 0 Å². The molecule has 0 bridgehead atoms.